The molecule has 1 saturated heterocycles. The number of aryl methyl sites for hydroxylation is 2. The van der Waals surface area contributed by atoms with Crippen LogP contribution >= 0.6 is 11.3 Å². The van der Waals surface area contributed by atoms with Crippen LogP contribution in [0.4, 0.5) is 10.7 Å². The lowest BCUT2D eigenvalue weighted by Crippen LogP contribution is -2.50. The molecule has 1 aliphatic heterocycles. The lowest BCUT2D eigenvalue weighted by atomic mass is 10.1. The van der Waals surface area contributed by atoms with E-state index in [0.717, 1.165) is 53.4 Å². The van der Waals surface area contributed by atoms with Gasteiger partial charge in [-0.05, 0) is 50.5 Å². The third-order valence-corrected chi connectivity index (χ3v) is 6.95. The van der Waals surface area contributed by atoms with Crippen molar-refractivity contribution in [1.82, 2.24) is 9.80 Å². The number of nitriles is 1. The van der Waals surface area contributed by atoms with Gasteiger partial charge in [-0.25, -0.2) is 0 Å². The predicted molar refractivity (Wildman–Crippen MR) is 125 cm³/mol. The van der Waals surface area contributed by atoms with Gasteiger partial charge < -0.3 is 10.6 Å². The fraction of sp³-hybridized carbons (Fsp3) is 0.435. The van der Waals surface area contributed by atoms with Crippen LogP contribution in [0.25, 0.3) is 0 Å². The summed E-state index contributed by atoms with van der Waals surface area (Å²) in [5.74, 6) is -0.133. The highest BCUT2D eigenvalue weighted by molar-refractivity contribution is 7.16. The standard InChI is InChI=1S/C23H29N5O2S/c1-15-6-5-7-20(16(15)2)25-21(29)13-27-8-10-28(11-9-27)14-22(30)26-23-19(12-24)17(3)18(4)31-23/h5-7H,8-11,13-14H2,1-4H3,(H,25,29)(H,26,30). The van der Waals surface area contributed by atoms with E-state index in [1.807, 2.05) is 45.9 Å². The first-order chi connectivity index (χ1) is 14.8. The van der Waals surface area contributed by atoms with E-state index >= 15 is 0 Å². The molecule has 1 aliphatic rings. The number of benzene rings is 1. The molecule has 0 bridgehead atoms. The summed E-state index contributed by atoms with van der Waals surface area (Å²) in [4.78, 5) is 30.1. The first-order valence-corrected chi connectivity index (χ1v) is 11.2. The summed E-state index contributed by atoms with van der Waals surface area (Å²) in [6.45, 7) is 11.4. The third kappa shape index (κ3) is 5.70. The van der Waals surface area contributed by atoms with Crippen LogP contribution in [0, 0.1) is 39.0 Å². The highest BCUT2D eigenvalue weighted by Gasteiger charge is 2.22. The minimum Gasteiger partial charge on any atom is -0.325 e. The van der Waals surface area contributed by atoms with Gasteiger partial charge in [-0.2, -0.15) is 5.26 Å². The van der Waals surface area contributed by atoms with Crippen LogP contribution in [0.15, 0.2) is 18.2 Å². The summed E-state index contributed by atoms with van der Waals surface area (Å²) >= 11 is 1.44. The minimum absolute atomic E-state index is 0.0210. The number of nitrogens with zero attached hydrogens (tertiary/aromatic N) is 3. The number of thiophene rings is 1. The number of piperazine rings is 1. The molecule has 1 aromatic carbocycles. The molecule has 0 unspecified atom stereocenters. The maximum atomic E-state index is 12.5. The average Bonchev–Trinajstić information content (AvgIpc) is 2.99. The monoisotopic (exact) mass is 439 g/mol. The lowest BCUT2D eigenvalue weighted by molar-refractivity contribution is -0.120. The molecule has 2 N–H and O–H groups in total. The van der Waals surface area contributed by atoms with E-state index in [0.29, 0.717) is 17.1 Å². The number of hydrogen-bond acceptors (Lipinski definition) is 6. The van der Waals surface area contributed by atoms with Gasteiger partial charge in [0.1, 0.15) is 11.1 Å². The van der Waals surface area contributed by atoms with Gasteiger partial charge >= 0.3 is 0 Å². The molecular formula is C23H29N5O2S. The van der Waals surface area contributed by atoms with Crippen LogP contribution < -0.4 is 10.6 Å². The molecule has 2 heterocycles. The number of anilines is 2. The Morgan fingerprint density at radius 3 is 2.13 bits per heavy atom. The van der Waals surface area contributed by atoms with Crippen molar-refractivity contribution in [3.8, 4) is 6.07 Å². The van der Waals surface area contributed by atoms with Crippen molar-refractivity contribution < 1.29 is 9.59 Å². The molecule has 8 heteroatoms. The Kier molecular flexibility index (Phi) is 7.44. The third-order valence-electron chi connectivity index (χ3n) is 5.83. The largest absolute Gasteiger partial charge is 0.325 e. The Labute approximate surface area is 187 Å². The van der Waals surface area contributed by atoms with Gasteiger partial charge in [0.05, 0.1) is 18.7 Å². The van der Waals surface area contributed by atoms with Crippen molar-refractivity contribution in [2.45, 2.75) is 27.7 Å². The molecule has 2 amide bonds. The Morgan fingerprint density at radius 1 is 0.968 bits per heavy atom. The van der Waals surface area contributed by atoms with E-state index in [-0.39, 0.29) is 18.4 Å². The maximum Gasteiger partial charge on any atom is 0.239 e. The molecule has 1 fully saturated rings. The van der Waals surface area contributed by atoms with Crippen LogP contribution in [0.5, 0.6) is 0 Å². The van der Waals surface area contributed by atoms with Gasteiger partial charge in [0, 0.05) is 36.7 Å². The summed E-state index contributed by atoms with van der Waals surface area (Å²) in [5.41, 5.74) is 4.57. The zero-order valence-electron chi connectivity index (χ0n) is 18.5. The molecule has 0 spiro atoms. The van der Waals surface area contributed by atoms with E-state index in [1.54, 1.807) is 0 Å². The number of rotatable bonds is 6. The van der Waals surface area contributed by atoms with E-state index in [1.165, 1.54) is 11.3 Å². The van der Waals surface area contributed by atoms with Crippen molar-refractivity contribution in [3.63, 3.8) is 0 Å². The molecule has 0 aliphatic carbocycles. The van der Waals surface area contributed by atoms with Crippen LogP contribution in [0.3, 0.4) is 0 Å². The van der Waals surface area contributed by atoms with Crippen molar-refractivity contribution in [1.29, 1.82) is 5.26 Å². The Bertz CT molecular complexity index is 1020. The summed E-state index contributed by atoms with van der Waals surface area (Å²) in [5, 5.41) is 15.8. The van der Waals surface area contributed by atoms with Crippen molar-refractivity contribution >= 4 is 33.8 Å². The van der Waals surface area contributed by atoms with E-state index < -0.39 is 0 Å². The molecular weight excluding hydrogens is 410 g/mol. The smallest absolute Gasteiger partial charge is 0.239 e. The van der Waals surface area contributed by atoms with Gasteiger partial charge in [-0.3, -0.25) is 19.4 Å². The fourth-order valence-corrected chi connectivity index (χ4v) is 4.63. The van der Waals surface area contributed by atoms with Crippen LogP contribution in [-0.2, 0) is 9.59 Å². The van der Waals surface area contributed by atoms with Crippen molar-refractivity contribution in [3.05, 3.63) is 45.3 Å². The highest BCUT2D eigenvalue weighted by atomic mass is 32.1. The Balaban J connectivity index is 1.45. The zero-order chi connectivity index (χ0) is 22.5. The van der Waals surface area contributed by atoms with Gasteiger partial charge in [0.25, 0.3) is 0 Å². The molecule has 0 atom stereocenters. The average molecular weight is 440 g/mol. The molecule has 1 aromatic heterocycles. The number of hydrogen-bond donors (Lipinski definition) is 2. The quantitative estimate of drug-likeness (QED) is 0.722. The van der Waals surface area contributed by atoms with Gasteiger partial charge in [-0.15, -0.1) is 11.3 Å². The lowest BCUT2D eigenvalue weighted by Gasteiger charge is -2.33. The Hall–Kier alpha value is -2.73. The molecule has 31 heavy (non-hydrogen) atoms. The molecule has 7 nitrogen and oxygen atoms in total. The number of nitrogens with one attached hydrogen (secondary N) is 2. The topological polar surface area (TPSA) is 88.5 Å². The molecule has 3 rings (SSSR count). The Morgan fingerprint density at radius 2 is 1.55 bits per heavy atom. The van der Waals surface area contributed by atoms with Crippen molar-refractivity contribution in [2.24, 2.45) is 0 Å². The second-order valence-electron chi connectivity index (χ2n) is 8.00. The number of carbonyl (C=O) groups excluding carboxylic acids is 2. The normalized spacial score (nSPS) is 14.8. The summed E-state index contributed by atoms with van der Waals surface area (Å²) < 4.78 is 0. The highest BCUT2D eigenvalue weighted by Crippen LogP contribution is 2.31. The first-order valence-electron chi connectivity index (χ1n) is 10.4. The molecule has 2 aromatic rings. The molecule has 0 saturated carbocycles. The minimum atomic E-state index is -0.112. The first kappa shape index (κ1) is 22.9. The number of carbonyl (C=O) groups is 2. The summed E-state index contributed by atoms with van der Waals surface area (Å²) in [7, 11) is 0. The molecule has 164 valence electrons. The SMILES string of the molecule is Cc1cccc(NC(=O)CN2CCN(CC(=O)Nc3sc(C)c(C)c3C#N)CC2)c1C. The second-order valence-corrected chi connectivity index (χ2v) is 9.22. The maximum absolute atomic E-state index is 12.5. The van der Waals surface area contributed by atoms with Crippen LogP contribution in [0.2, 0.25) is 0 Å². The molecule has 0 radical (unpaired) electrons. The van der Waals surface area contributed by atoms with Gasteiger partial charge in [0.15, 0.2) is 0 Å². The summed E-state index contributed by atoms with van der Waals surface area (Å²) in [6, 6.07) is 8.08. The van der Waals surface area contributed by atoms with E-state index in [9.17, 15) is 14.9 Å². The number of amides is 2. The van der Waals surface area contributed by atoms with Crippen LogP contribution in [0.1, 0.15) is 27.1 Å². The predicted octanol–water partition coefficient (Wildman–Crippen LogP) is 3.05. The van der Waals surface area contributed by atoms with Gasteiger partial charge in [-0.1, -0.05) is 12.1 Å². The second kappa shape index (κ2) is 10.1. The van der Waals surface area contributed by atoms with E-state index in [2.05, 4.69) is 26.5 Å². The summed E-state index contributed by atoms with van der Waals surface area (Å²) in [6.07, 6.45) is 0. The van der Waals surface area contributed by atoms with Crippen LogP contribution in [-0.4, -0.2) is 60.9 Å². The van der Waals surface area contributed by atoms with E-state index in [4.69, 9.17) is 0 Å². The van der Waals surface area contributed by atoms with Gasteiger partial charge in [0.2, 0.25) is 11.8 Å². The zero-order valence-corrected chi connectivity index (χ0v) is 19.4. The fourth-order valence-electron chi connectivity index (χ4n) is 3.60. The van der Waals surface area contributed by atoms with Crippen molar-refractivity contribution in [2.75, 3.05) is 49.9 Å².